The second-order valence-corrected chi connectivity index (χ2v) is 5.67. The van der Waals surface area contributed by atoms with Crippen LogP contribution in [0.4, 0.5) is 0 Å². The molecule has 0 aliphatic carbocycles. The summed E-state index contributed by atoms with van der Waals surface area (Å²) in [6.45, 7) is 0.409. The van der Waals surface area contributed by atoms with Gasteiger partial charge in [-0.1, -0.05) is 18.2 Å². The zero-order chi connectivity index (χ0) is 16.5. The van der Waals surface area contributed by atoms with Gasteiger partial charge in [-0.15, -0.1) is 0 Å². The van der Waals surface area contributed by atoms with E-state index in [4.69, 9.17) is 4.42 Å². The Kier molecular flexibility index (Phi) is 3.46. The van der Waals surface area contributed by atoms with Gasteiger partial charge in [-0.25, -0.2) is 0 Å². The summed E-state index contributed by atoms with van der Waals surface area (Å²) in [6, 6.07) is 15.1. The maximum Gasteiger partial charge on any atom is 0.254 e. The standard InChI is InChI=1S/C19H15N3O2/c1-22(12-15-10-13-4-2-3-5-18(13)24-15)19(23)14-6-7-16-17(11-14)21-9-8-20-16/h2-11H,12H2,1H3. The highest BCUT2D eigenvalue weighted by molar-refractivity contribution is 5.97. The topological polar surface area (TPSA) is 59.2 Å². The van der Waals surface area contributed by atoms with Gasteiger partial charge < -0.3 is 9.32 Å². The van der Waals surface area contributed by atoms with Crippen molar-refractivity contribution in [1.82, 2.24) is 14.9 Å². The number of carbonyl (C=O) groups is 1. The van der Waals surface area contributed by atoms with E-state index in [1.807, 2.05) is 36.4 Å². The molecule has 0 saturated heterocycles. The second kappa shape index (κ2) is 5.77. The molecule has 0 N–H and O–H groups in total. The summed E-state index contributed by atoms with van der Waals surface area (Å²) in [5.74, 6) is 0.677. The Morgan fingerprint density at radius 1 is 1.04 bits per heavy atom. The van der Waals surface area contributed by atoms with Crippen molar-refractivity contribution in [2.24, 2.45) is 0 Å². The van der Waals surface area contributed by atoms with Crippen molar-refractivity contribution < 1.29 is 9.21 Å². The van der Waals surface area contributed by atoms with Crippen LogP contribution in [0.3, 0.4) is 0 Å². The molecule has 0 atom stereocenters. The number of hydrogen-bond donors (Lipinski definition) is 0. The third-order valence-electron chi connectivity index (χ3n) is 3.93. The monoisotopic (exact) mass is 317 g/mol. The van der Waals surface area contributed by atoms with Gasteiger partial charge >= 0.3 is 0 Å². The van der Waals surface area contributed by atoms with Gasteiger partial charge in [0.2, 0.25) is 0 Å². The Hall–Kier alpha value is -3.21. The molecule has 0 radical (unpaired) electrons. The number of benzene rings is 2. The van der Waals surface area contributed by atoms with E-state index in [1.165, 1.54) is 0 Å². The highest BCUT2D eigenvalue weighted by Crippen LogP contribution is 2.20. The van der Waals surface area contributed by atoms with E-state index >= 15 is 0 Å². The van der Waals surface area contributed by atoms with Gasteiger partial charge in [0.05, 0.1) is 17.6 Å². The van der Waals surface area contributed by atoms with Crippen LogP contribution >= 0.6 is 0 Å². The van der Waals surface area contributed by atoms with Crippen LogP contribution in [0, 0.1) is 0 Å². The van der Waals surface area contributed by atoms with Gasteiger partial charge in [-0.2, -0.15) is 0 Å². The fraction of sp³-hybridized carbons (Fsp3) is 0.105. The van der Waals surface area contributed by atoms with Crippen LogP contribution in [0.1, 0.15) is 16.1 Å². The minimum Gasteiger partial charge on any atom is -0.459 e. The predicted molar refractivity (Wildman–Crippen MR) is 91.5 cm³/mol. The maximum atomic E-state index is 12.6. The van der Waals surface area contributed by atoms with Crippen LogP contribution in [-0.4, -0.2) is 27.8 Å². The minimum atomic E-state index is -0.0805. The summed E-state index contributed by atoms with van der Waals surface area (Å²) >= 11 is 0. The molecule has 5 nitrogen and oxygen atoms in total. The third kappa shape index (κ3) is 2.60. The highest BCUT2D eigenvalue weighted by atomic mass is 16.3. The Labute approximate surface area is 138 Å². The lowest BCUT2D eigenvalue weighted by Gasteiger charge is -2.15. The van der Waals surface area contributed by atoms with E-state index in [1.54, 1.807) is 36.5 Å². The van der Waals surface area contributed by atoms with Crippen LogP contribution in [-0.2, 0) is 6.54 Å². The largest absolute Gasteiger partial charge is 0.459 e. The van der Waals surface area contributed by atoms with Crippen LogP contribution in [0.5, 0.6) is 0 Å². The molecule has 1 amide bonds. The van der Waals surface area contributed by atoms with Gasteiger partial charge in [0.25, 0.3) is 5.91 Å². The fourth-order valence-corrected chi connectivity index (χ4v) is 2.74. The lowest BCUT2D eigenvalue weighted by Crippen LogP contribution is -2.25. The number of fused-ring (bicyclic) bond motifs is 2. The molecule has 0 aliphatic rings. The van der Waals surface area contributed by atoms with Crippen molar-refractivity contribution in [2.45, 2.75) is 6.54 Å². The summed E-state index contributed by atoms with van der Waals surface area (Å²) in [6.07, 6.45) is 3.26. The van der Waals surface area contributed by atoms with Crippen LogP contribution in [0.25, 0.3) is 22.0 Å². The predicted octanol–water partition coefficient (Wildman–Crippen LogP) is 3.65. The molecule has 0 saturated carbocycles. The van der Waals surface area contributed by atoms with Gasteiger partial charge in [0, 0.05) is 30.4 Å². The molecule has 2 heterocycles. The van der Waals surface area contributed by atoms with Crippen molar-refractivity contribution in [2.75, 3.05) is 7.05 Å². The number of aromatic nitrogens is 2. The van der Waals surface area contributed by atoms with Crippen molar-refractivity contribution in [3.63, 3.8) is 0 Å². The first kappa shape index (κ1) is 14.4. The van der Waals surface area contributed by atoms with Crippen LogP contribution in [0.2, 0.25) is 0 Å². The minimum absolute atomic E-state index is 0.0805. The van der Waals surface area contributed by atoms with E-state index < -0.39 is 0 Å². The van der Waals surface area contributed by atoms with E-state index in [2.05, 4.69) is 9.97 Å². The van der Waals surface area contributed by atoms with Crippen molar-refractivity contribution in [3.05, 3.63) is 72.2 Å². The molecule has 118 valence electrons. The Morgan fingerprint density at radius 2 is 1.83 bits per heavy atom. The molecular weight excluding hydrogens is 302 g/mol. The summed E-state index contributed by atoms with van der Waals surface area (Å²) in [4.78, 5) is 22.7. The zero-order valence-electron chi connectivity index (χ0n) is 13.1. The summed E-state index contributed by atoms with van der Waals surface area (Å²) in [5.41, 5.74) is 2.89. The smallest absolute Gasteiger partial charge is 0.254 e. The van der Waals surface area contributed by atoms with E-state index in [9.17, 15) is 4.79 Å². The first-order valence-corrected chi connectivity index (χ1v) is 7.64. The fourth-order valence-electron chi connectivity index (χ4n) is 2.74. The number of nitrogens with zero attached hydrogens (tertiary/aromatic N) is 3. The van der Waals surface area contributed by atoms with Crippen molar-refractivity contribution >= 4 is 27.9 Å². The quantitative estimate of drug-likeness (QED) is 0.579. The lowest BCUT2D eigenvalue weighted by molar-refractivity contribution is 0.0776. The number of rotatable bonds is 3. The highest BCUT2D eigenvalue weighted by Gasteiger charge is 2.15. The third-order valence-corrected chi connectivity index (χ3v) is 3.93. The SMILES string of the molecule is CN(Cc1cc2ccccc2o1)C(=O)c1ccc2nccnc2c1. The van der Waals surface area contributed by atoms with E-state index in [0.29, 0.717) is 17.6 Å². The lowest BCUT2D eigenvalue weighted by atomic mass is 10.1. The van der Waals surface area contributed by atoms with Gasteiger partial charge in [-0.05, 0) is 30.3 Å². The van der Waals surface area contributed by atoms with Crippen LogP contribution in [0.15, 0.2) is 65.3 Å². The molecule has 4 rings (SSSR count). The molecule has 4 aromatic rings. The molecule has 0 aliphatic heterocycles. The van der Waals surface area contributed by atoms with Gasteiger partial charge in [0.1, 0.15) is 11.3 Å². The molecular formula is C19H15N3O2. The molecule has 24 heavy (non-hydrogen) atoms. The Morgan fingerprint density at radius 3 is 2.67 bits per heavy atom. The second-order valence-electron chi connectivity index (χ2n) is 5.67. The van der Waals surface area contributed by atoms with Crippen molar-refractivity contribution in [1.29, 1.82) is 0 Å². The maximum absolute atomic E-state index is 12.6. The average molecular weight is 317 g/mol. The van der Waals surface area contributed by atoms with Crippen molar-refractivity contribution in [3.8, 4) is 0 Å². The molecule has 0 bridgehead atoms. The molecule has 2 aromatic carbocycles. The first-order chi connectivity index (χ1) is 11.7. The van der Waals surface area contributed by atoms with Gasteiger partial charge in [-0.3, -0.25) is 14.8 Å². The first-order valence-electron chi connectivity index (χ1n) is 7.64. The zero-order valence-corrected chi connectivity index (χ0v) is 13.1. The Bertz CT molecular complexity index is 1010. The Balaban J connectivity index is 1.58. The van der Waals surface area contributed by atoms with Crippen LogP contribution < -0.4 is 0 Å². The number of furan rings is 1. The number of carbonyl (C=O) groups excluding carboxylic acids is 1. The summed E-state index contributed by atoms with van der Waals surface area (Å²) in [5, 5.41) is 1.04. The normalized spacial score (nSPS) is 11.0. The molecule has 0 unspecified atom stereocenters. The number of hydrogen-bond acceptors (Lipinski definition) is 4. The average Bonchev–Trinajstić information content (AvgIpc) is 3.02. The number of para-hydroxylation sites is 1. The summed E-state index contributed by atoms with van der Waals surface area (Å²) < 4.78 is 5.78. The molecule has 0 spiro atoms. The molecule has 5 heteroatoms. The molecule has 2 aromatic heterocycles. The van der Waals surface area contributed by atoms with E-state index in [-0.39, 0.29) is 5.91 Å². The molecule has 0 fully saturated rings. The summed E-state index contributed by atoms with van der Waals surface area (Å²) in [7, 11) is 1.76. The van der Waals surface area contributed by atoms with Gasteiger partial charge in [0.15, 0.2) is 0 Å². The van der Waals surface area contributed by atoms with E-state index in [0.717, 1.165) is 22.2 Å². The number of amides is 1.